The summed E-state index contributed by atoms with van der Waals surface area (Å²) in [5.41, 5.74) is 8.19. The third-order valence-corrected chi connectivity index (χ3v) is 4.20. The van der Waals surface area contributed by atoms with Crippen LogP contribution >= 0.6 is 0 Å². The first kappa shape index (κ1) is 12.9. The van der Waals surface area contributed by atoms with E-state index in [1.54, 1.807) is 4.57 Å². The van der Waals surface area contributed by atoms with E-state index in [2.05, 4.69) is 10.3 Å². The average molecular weight is 292 g/mol. The second-order valence-corrected chi connectivity index (χ2v) is 5.62. The maximum Gasteiger partial charge on any atom is 0.349 e. The van der Waals surface area contributed by atoms with Crippen molar-refractivity contribution in [3.05, 3.63) is 64.6 Å². The highest BCUT2D eigenvalue weighted by molar-refractivity contribution is 5.89. The van der Waals surface area contributed by atoms with E-state index in [-0.39, 0.29) is 11.6 Å². The Kier molecular flexibility index (Phi) is 2.85. The molecule has 0 spiro atoms. The lowest BCUT2D eigenvalue weighted by molar-refractivity contribution is 0.530. The van der Waals surface area contributed by atoms with Crippen molar-refractivity contribution in [2.75, 3.05) is 17.6 Å². The highest BCUT2D eigenvalue weighted by Crippen LogP contribution is 2.28. The van der Waals surface area contributed by atoms with Crippen molar-refractivity contribution in [3.8, 4) is 0 Å². The zero-order valence-electron chi connectivity index (χ0n) is 12.0. The number of hydrogen-bond donors (Lipinski definition) is 2. The van der Waals surface area contributed by atoms with Gasteiger partial charge in [-0.25, -0.2) is 4.79 Å². The lowest BCUT2D eigenvalue weighted by Crippen LogP contribution is -2.35. The molecule has 0 saturated heterocycles. The number of anilines is 2. The van der Waals surface area contributed by atoms with Crippen LogP contribution in [0.3, 0.4) is 0 Å². The molecule has 0 bridgehead atoms. The third kappa shape index (κ3) is 2.02. The SMILES string of the molecule is Nc1ccc(C2CNc3c4ccccc4nc(=O)n3C2)cc1. The summed E-state index contributed by atoms with van der Waals surface area (Å²) >= 11 is 0. The number of para-hydroxylation sites is 1. The molecule has 1 aliphatic heterocycles. The first-order valence-corrected chi connectivity index (χ1v) is 7.31. The molecule has 1 aromatic heterocycles. The van der Waals surface area contributed by atoms with Crippen molar-refractivity contribution in [1.82, 2.24) is 9.55 Å². The Morgan fingerprint density at radius 2 is 1.91 bits per heavy atom. The summed E-state index contributed by atoms with van der Waals surface area (Å²) < 4.78 is 1.73. The molecule has 1 aliphatic rings. The maximum absolute atomic E-state index is 12.3. The van der Waals surface area contributed by atoms with Crippen LogP contribution in [0.5, 0.6) is 0 Å². The molecule has 2 aromatic carbocycles. The first-order chi connectivity index (χ1) is 10.7. The first-order valence-electron chi connectivity index (χ1n) is 7.31. The topological polar surface area (TPSA) is 72.9 Å². The monoisotopic (exact) mass is 292 g/mol. The molecule has 0 saturated carbocycles. The molecule has 3 N–H and O–H groups in total. The van der Waals surface area contributed by atoms with Crippen molar-refractivity contribution in [2.24, 2.45) is 0 Å². The fourth-order valence-electron chi connectivity index (χ4n) is 3.03. The van der Waals surface area contributed by atoms with Gasteiger partial charge in [0.2, 0.25) is 0 Å². The van der Waals surface area contributed by atoms with Crippen LogP contribution in [-0.4, -0.2) is 16.1 Å². The van der Waals surface area contributed by atoms with Gasteiger partial charge >= 0.3 is 5.69 Å². The standard InChI is InChI=1S/C17H16N4O/c18-13-7-5-11(6-8-13)12-9-19-16-14-3-1-2-4-15(14)20-17(22)21(16)10-12/h1-8,12,19H,9-10,18H2. The van der Waals surface area contributed by atoms with Gasteiger partial charge in [-0.05, 0) is 29.8 Å². The summed E-state index contributed by atoms with van der Waals surface area (Å²) in [4.78, 5) is 16.5. The second kappa shape index (κ2) is 4.87. The molecule has 5 heteroatoms. The summed E-state index contributed by atoms with van der Waals surface area (Å²) in [6.07, 6.45) is 0. The molecule has 0 radical (unpaired) electrons. The minimum Gasteiger partial charge on any atom is -0.399 e. The van der Waals surface area contributed by atoms with Crippen LogP contribution in [0.1, 0.15) is 11.5 Å². The maximum atomic E-state index is 12.3. The molecule has 5 nitrogen and oxygen atoms in total. The van der Waals surface area contributed by atoms with Gasteiger partial charge in [0.05, 0.1) is 5.52 Å². The van der Waals surface area contributed by atoms with Gasteiger partial charge in [-0.1, -0.05) is 24.3 Å². The fraction of sp³-hybridized carbons (Fsp3) is 0.176. The number of benzene rings is 2. The molecule has 0 amide bonds. The Bertz CT molecular complexity index is 899. The highest BCUT2D eigenvalue weighted by Gasteiger charge is 2.22. The molecule has 0 fully saturated rings. The van der Waals surface area contributed by atoms with E-state index in [0.717, 1.165) is 29.0 Å². The normalized spacial score (nSPS) is 17.0. The zero-order valence-corrected chi connectivity index (χ0v) is 12.0. The Hall–Kier alpha value is -2.82. The fourth-order valence-corrected chi connectivity index (χ4v) is 3.03. The molecule has 4 rings (SSSR count). The minimum atomic E-state index is -0.207. The number of hydrogen-bond acceptors (Lipinski definition) is 4. The van der Waals surface area contributed by atoms with Crippen molar-refractivity contribution in [3.63, 3.8) is 0 Å². The molecule has 0 aliphatic carbocycles. The molecule has 1 unspecified atom stereocenters. The highest BCUT2D eigenvalue weighted by atomic mass is 16.1. The van der Waals surface area contributed by atoms with Gasteiger partial charge in [0.25, 0.3) is 0 Å². The smallest absolute Gasteiger partial charge is 0.349 e. The number of nitrogen functional groups attached to an aromatic ring is 1. The van der Waals surface area contributed by atoms with Crippen LogP contribution in [0.2, 0.25) is 0 Å². The number of nitrogens with one attached hydrogen (secondary N) is 1. The quantitative estimate of drug-likeness (QED) is 0.674. The Labute approximate surface area is 127 Å². The van der Waals surface area contributed by atoms with Gasteiger partial charge in [-0.3, -0.25) is 4.57 Å². The Morgan fingerprint density at radius 3 is 2.73 bits per heavy atom. The van der Waals surface area contributed by atoms with Crippen LogP contribution in [-0.2, 0) is 6.54 Å². The predicted molar refractivity (Wildman–Crippen MR) is 88.1 cm³/mol. The van der Waals surface area contributed by atoms with E-state index in [1.165, 1.54) is 5.56 Å². The summed E-state index contributed by atoms with van der Waals surface area (Å²) in [6, 6.07) is 15.5. The largest absolute Gasteiger partial charge is 0.399 e. The summed E-state index contributed by atoms with van der Waals surface area (Å²) in [5, 5.41) is 4.39. The molecule has 22 heavy (non-hydrogen) atoms. The van der Waals surface area contributed by atoms with E-state index < -0.39 is 0 Å². The molecule has 3 aromatic rings. The molecule has 1 atom stereocenters. The zero-order chi connectivity index (χ0) is 15.1. The summed E-state index contributed by atoms with van der Waals surface area (Å²) in [5.74, 6) is 1.09. The molecule has 110 valence electrons. The van der Waals surface area contributed by atoms with Crippen LogP contribution in [0.25, 0.3) is 10.9 Å². The van der Waals surface area contributed by atoms with Crippen molar-refractivity contribution in [2.45, 2.75) is 12.5 Å². The van der Waals surface area contributed by atoms with Crippen molar-refractivity contribution in [1.29, 1.82) is 0 Å². The third-order valence-electron chi connectivity index (χ3n) is 4.20. The van der Waals surface area contributed by atoms with Crippen LogP contribution < -0.4 is 16.7 Å². The van der Waals surface area contributed by atoms with Gasteiger partial charge < -0.3 is 11.1 Å². The Balaban J connectivity index is 1.79. The van der Waals surface area contributed by atoms with Crippen LogP contribution in [0.4, 0.5) is 11.5 Å². The molecular formula is C17H16N4O. The van der Waals surface area contributed by atoms with Gasteiger partial charge in [0, 0.05) is 30.1 Å². The summed E-state index contributed by atoms with van der Waals surface area (Å²) in [7, 11) is 0. The summed E-state index contributed by atoms with van der Waals surface area (Å²) in [6.45, 7) is 1.42. The molecular weight excluding hydrogens is 276 g/mol. The average Bonchev–Trinajstić information content (AvgIpc) is 2.55. The lowest BCUT2D eigenvalue weighted by atomic mass is 9.97. The van der Waals surface area contributed by atoms with Gasteiger partial charge in [-0.2, -0.15) is 4.98 Å². The number of aromatic nitrogens is 2. The lowest BCUT2D eigenvalue weighted by Gasteiger charge is -2.28. The van der Waals surface area contributed by atoms with Crippen LogP contribution in [0.15, 0.2) is 53.3 Å². The van der Waals surface area contributed by atoms with Gasteiger partial charge in [0.1, 0.15) is 5.82 Å². The van der Waals surface area contributed by atoms with Gasteiger partial charge in [-0.15, -0.1) is 0 Å². The second-order valence-electron chi connectivity index (χ2n) is 5.62. The van der Waals surface area contributed by atoms with E-state index in [1.807, 2.05) is 48.5 Å². The van der Waals surface area contributed by atoms with Crippen LogP contribution in [0, 0.1) is 0 Å². The van der Waals surface area contributed by atoms with E-state index in [4.69, 9.17) is 5.73 Å². The van der Waals surface area contributed by atoms with E-state index >= 15 is 0 Å². The van der Waals surface area contributed by atoms with Gasteiger partial charge in [0.15, 0.2) is 0 Å². The number of fused-ring (bicyclic) bond motifs is 3. The van der Waals surface area contributed by atoms with Crippen molar-refractivity contribution >= 4 is 22.4 Å². The number of nitrogens with two attached hydrogens (primary N) is 1. The van der Waals surface area contributed by atoms with E-state index in [9.17, 15) is 4.79 Å². The van der Waals surface area contributed by atoms with Crippen molar-refractivity contribution < 1.29 is 0 Å². The number of rotatable bonds is 1. The predicted octanol–water partition coefficient (Wildman–Crippen LogP) is 2.19. The minimum absolute atomic E-state index is 0.207. The number of nitrogens with zero attached hydrogens (tertiary/aromatic N) is 2. The van der Waals surface area contributed by atoms with E-state index in [0.29, 0.717) is 6.54 Å². The molecule has 2 heterocycles. The Morgan fingerprint density at radius 1 is 1.14 bits per heavy atom.